The van der Waals surface area contributed by atoms with Crippen molar-refractivity contribution in [2.45, 2.75) is 74.9 Å². The summed E-state index contributed by atoms with van der Waals surface area (Å²) in [6.07, 6.45) is 8.73. The zero-order valence-corrected chi connectivity index (χ0v) is 29.4. The van der Waals surface area contributed by atoms with Crippen molar-refractivity contribution in [3.8, 4) is 0 Å². The fourth-order valence-electron chi connectivity index (χ4n) is 8.02. The van der Waals surface area contributed by atoms with Crippen LogP contribution >= 0.6 is 24.0 Å². The number of aromatic nitrogens is 3. The van der Waals surface area contributed by atoms with E-state index in [4.69, 9.17) is 12.2 Å². The van der Waals surface area contributed by atoms with Gasteiger partial charge in [0, 0.05) is 62.7 Å². The first-order valence-electron chi connectivity index (χ1n) is 17.4. The standard InChI is InChI=1S/C35H48N8O2S2/c1-23-18-24(19-27-22-36-39-31(23)27)20-30(34(45)42-15-13-41(14-16-42)28-7-9-40(2)10-8-28)37-35(46)43-11-5-25(6-12-43)29-21-26-4-3-17-47-33(26)38-32(29)44/h18-19,21-22,25,28,30H,3-17,20H2,1-2H3,(H,36,39)(H,37,46)(H,38,44)/t30-/m1/s1. The largest absolute Gasteiger partial charge is 0.350 e. The van der Waals surface area contributed by atoms with Crippen LogP contribution in [0.5, 0.6) is 0 Å². The Kier molecular flexibility index (Phi) is 9.91. The quantitative estimate of drug-likeness (QED) is 0.339. The van der Waals surface area contributed by atoms with Crippen LogP contribution in [0.15, 0.2) is 34.2 Å². The molecule has 3 fully saturated rings. The zero-order chi connectivity index (χ0) is 32.5. The minimum absolute atomic E-state index is 0.0590. The Hall–Kier alpha value is -2.93. The van der Waals surface area contributed by atoms with Crippen LogP contribution in [0.4, 0.5) is 0 Å². The molecule has 12 heteroatoms. The summed E-state index contributed by atoms with van der Waals surface area (Å²) in [5.41, 5.74) is 5.51. The second kappa shape index (κ2) is 14.3. The highest BCUT2D eigenvalue weighted by molar-refractivity contribution is 7.99. The molecular weight excluding hydrogens is 629 g/mol. The van der Waals surface area contributed by atoms with Gasteiger partial charge in [-0.1, -0.05) is 6.07 Å². The van der Waals surface area contributed by atoms with Gasteiger partial charge in [-0.05, 0) is 118 Å². The number of aromatic amines is 2. The maximum atomic E-state index is 14.2. The second-order valence-corrected chi connectivity index (χ2v) is 15.5. The third kappa shape index (κ3) is 7.25. The van der Waals surface area contributed by atoms with Gasteiger partial charge in [-0.3, -0.25) is 19.6 Å². The van der Waals surface area contributed by atoms with Crippen molar-refractivity contribution in [3.63, 3.8) is 0 Å². The molecule has 3 aromatic rings. The van der Waals surface area contributed by atoms with Gasteiger partial charge in [0.1, 0.15) is 6.04 Å². The molecule has 1 atom stereocenters. The molecule has 4 aliphatic rings. The van der Waals surface area contributed by atoms with Gasteiger partial charge in [0.25, 0.3) is 5.56 Å². The van der Waals surface area contributed by atoms with E-state index in [1.807, 2.05) is 11.1 Å². The molecule has 6 heterocycles. The number of nitrogens with one attached hydrogen (secondary N) is 3. The van der Waals surface area contributed by atoms with Crippen LogP contribution in [-0.2, 0) is 17.6 Å². The number of piperidine rings is 2. The predicted molar refractivity (Wildman–Crippen MR) is 192 cm³/mol. The lowest BCUT2D eigenvalue weighted by Crippen LogP contribution is -2.59. The maximum Gasteiger partial charge on any atom is 0.252 e. The van der Waals surface area contributed by atoms with Crippen molar-refractivity contribution >= 4 is 45.9 Å². The summed E-state index contributed by atoms with van der Waals surface area (Å²) in [5.74, 6) is 1.41. The Morgan fingerprint density at radius 2 is 1.81 bits per heavy atom. The number of benzene rings is 1. The molecule has 0 spiro atoms. The van der Waals surface area contributed by atoms with E-state index in [9.17, 15) is 9.59 Å². The first kappa shape index (κ1) is 32.6. The minimum Gasteiger partial charge on any atom is -0.350 e. The second-order valence-electron chi connectivity index (χ2n) is 14.0. The molecule has 1 aromatic carbocycles. The summed E-state index contributed by atoms with van der Waals surface area (Å²) in [6, 6.07) is 6.61. The van der Waals surface area contributed by atoms with Crippen molar-refractivity contribution < 1.29 is 4.79 Å². The van der Waals surface area contributed by atoms with Gasteiger partial charge >= 0.3 is 0 Å². The third-order valence-corrected chi connectivity index (χ3v) is 12.4. The van der Waals surface area contributed by atoms with Crippen LogP contribution in [0, 0.1) is 6.92 Å². The molecule has 252 valence electrons. The molecule has 4 aliphatic heterocycles. The van der Waals surface area contributed by atoms with Crippen molar-refractivity contribution in [2.24, 2.45) is 0 Å². The average Bonchev–Trinajstić information content (AvgIpc) is 3.57. The molecule has 3 N–H and O–H groups in total. The van der Waals surface area contributed by atoms with Gasteiger partial charge in [-0.15, -0.1) is 11.8 Å². The van der Waals surface area contributed by atoms with Gasteiger partial charge in [0.05, 0.1) is 16.7 Å². The number of hydrogen-bond donors (Lipinski definition) is 3. The molecule has 0 aliphatic carbocycles. The normalized spacial score (nSPS) is 21.1. The van der Waals surface area contributed by atoms with Crippen LogP contribution < -0.4 is 10.9 Å². The summed E-state index contributed by atoms with van der Waals surface area (Å²) in [5, 5.41) is 13.6. The Morgan fingerprint density at radius 1 is 1.04 bits per heavy atom. The summed E-state index contributed by atoms with van der Waals surface area (Å²) in [6.45, 7) is 9.23. The van der Waals surface area contributed by atoms with E-state index < -0.39 is 6.04 Å². The fourth-order valence-corrected chi connectivity index (χ4v) is 9.35. The number of nitrogens with zero attached hydrogens (tertiary/aromatic N) is 5. The summed E-state index contributed by atoms with van der Waals surface area (Å²) < 4.78 is 0. The first-order chi connectivity index (χ1) is 22.8. The van der Waals surface area contributed by atoms with Crippen molar-refractivity contribution in [1.29, 1.82) is 0 Å². The van der Waals surface area contributed by atoms with Gasteiger partial charge < -0.3 is 25.0 Å². The van der Waals surface area contributed by atoms with Gasteiger partial charge in [0.2, 0.25) is 5.91 Å². The van der Waals surface area contributed by atoms with Gasteiger partial charge in [-0.2, -0.15) is 5.10 Å². The number of carbonyl (C=O) groups excluding carboxylic acids is 1. The van der Waals surface area contributed by atoms with Gasteiger partial charge in [-0.25, -0.2) is 0 Å². The Labute approximate surface area is 287 Å². The molecule has 0 saturated carbocycles. The molecule has 3 saturated heterocycles. The van der Waals surface area contributed by atoms with Crippen LogP contribution in [0.3, 0.4) is 0 Å². The highest BCUT2D eigenvalue weighted by atomic mass is 32.2. The Balaban J connectivity index is 1.02. The highest BCUT2D eigenvalue weighted by Crippen LogP contribution is 2.32. The van der Waals surface area contributed by atoms with E-state index in [2.05, 4.69) is 67.4 Å². The van der Waals surface area contributed by atoms with Crippen molar-refractivity contribution in [2.75, 3.05) is 65.2 Å². The summed E-state index contributed by atoms with van der Waals surface area (Å²) in [7, 11) is 2.20. The lowest BCUT2D eigenvalue weighted by Gasteiger charge is -2.43. The number of amides is 1. The number of piperazine rings is 1. The molecule has 0 unspecified atom stereocenters. The van der Waals surface area contributed by atoms with E-state index in [1.165, 1.54) is 18.4 Å². The SMILES string of the molecule is Cc1cc(C[C@@H](NC(=S)N2CCC(c3cc4c([nH]c3=O)SCCC4)CC2)C(=O)N2CCN(C3CCN(C)CC3)CC2)cc2cn[nH]c12. The Morgan fingerprint density at radius 3 is 2.57 bits per heavy atom. The van der Waals surface area contributed by atoms with Crippen molar-refractivity contribution in [3.05, 3.63) is 57.0 Å². The van der Waals surface area contributed by atoms with Gasteiger partial charge in [0.15, 0.2) is 5.11 Å². The number of aryl methyl sites for hydroxylation is 2. The number of hydrogen-bond acceptors (Lipinski definition) is 7. The minimum atomic E-state index is -0.458. The molecule has 1 amide bonds. The molecular formula is C35H48N8O2S2. The average molecular weight is 677 g/mol. The van der Waals surface area contributed by atoms with E-state index >= 15 is 0 Å². The predicted octanol–water partition coefficient (Wildman–Crippen LogP) is 3.50. The number of likely N-dealkylation sites (tertiary alicyclic amines) is 2. The molecule has 47 heavy (non-hydrogen) atoms. The Bertz CT molecular complexity index is 1650. The number of fused-ring (bicyclic) bond motifs is 2. The molecule has 7 rings (SSSR count). The fraction of sp³-hybridized carbons (Fsp3) is 0.600. The number of H-pyrrole nitrogens is 2. The van der Waals surface area contributed by atoms with E-state index in [-0.39, 0.29) is 17.4 Å². The third-order valence-electron chi connectivity index (χ3n) is 10.8. The highest BCUT2D eigenvalue weighted by Gasteiger charge is 2.33. The number of rotatable bonds is 6. The monoisotopic (exact) mass is 676 g/mol. The molecule has 10 nitrogen and oxygen atoms in total. The molecule has 2 aromatic heterocycles. The molecule has 0 bridgehead atoms. The van der Waals surface area contributed by atoms with E-state index in [0.29, 0.717) is 17.6 Å². The van der Waals surface area contributed by atoms with E-state index in [1.54, 1.807) is 11.8 Å². The van der Waals surface area contributed by atoms with Crippen LogP contribution in [0.25, 0.3) is 10.9 Å². The molecule has 0 radical (unpaired) electrons. The van der Waals surface area contributed by atoms with E-state index in [0.717, 1.165) is 116 Å². The maximum absolute atomic E-state index is 14.2. The lowest BCUT2D eigenvalue weighted by molar-refractivity contribution is -0.135. The zero-order valence-electron chi connectivity index (χ0n) is 27.7. The number of carbonyl (C=O) groups is 1. The van der Waals surface area contributed by atoms with Crippen molar-refractivity contribution in [1.82, 2.24) is 40.1 Å². The van der Waals surface area contributed by atoms with Crippen LogP contribution in [-0.4, -0.2) is 123 Å². The number of thiocarbonyl (C=S) groups is 1. The lowest BCUT2D eigenvalue weighted by atomic mass is 9.89. The van der Waals surface area contributed by atoms with Crippen LogP contribution in [0.1, 0.15) is 60.3 Å². The number of pyridine rings is 1. The first-order valence-corrected chi connectivity index (χ1v) is 18.8. The topological polar surface area (TPSA) is 104 Å². The summed E-state index contributed by atoms with van der Waals surface area (Å²) in [4.78, 5) is 39.6. The summed E-state index contributed by atoms with van der Waals surface area (Å²) >= 11 is 7.76. The van der Waals surface area contributed by atoms with Crippen LogP contribution in [0.2, 0.25) is 0 Å². The smallest absolute Gasteiger partial charge is 0.252 e. The number of thioether (sulfide) groups is 1.